The first kappa shape index (κ1) is 22.3. The molecule has 1 amide bonds. The zero-order valence-corrected chi connectivity index (χ0v) is 18.2. The van der Waals surface area contributed by atoms with E-state index in [-0.39, 0.29) is 43.3 Å². The molecule has 1 aliphatic heterocycles. The first-order valence-electron chi connectivity index (χ1n) is 11.5. The molecular formula is C22H33FN4O4. The Bertz CT molecular complexity index is 801. The summed E-state index contributed by atoms with van der Waals surface area (Å²) in [5.74, 6) is -0.438. The molecule has 2 saturated carbocycles. The number of aliphatic hydroxyl groups excluding tert-OH is 1. The van der Waals surface area contributed by atoms with Crippen LogP contribution in [0.15, 0.2) is 4.52 Å². The number of alkyl halides is 1. The Labute approximate surface area is 181 Å². The standard InChI is InChI=1S/C22H33FN4O4/c1-21(7-3-2-4-8-21)20-25-19(26-31-20)18(30)16-11-15(23)13-27(16)17(29)12-24-22(14-28)9-5-6-10-22/h15-16,24,28H,2-14H2,1H3/t15-,16?/m0/s1. The average molecular weight is 437 g/mol. The fourth-order valence-electron chi connectivity index (χ4n) is 5.38. The zero-order valence-electron chi connectivity index (χ0n) is 18.2. The van der Waals surface area contributed by atoms with Crippen LogP contribution in [-0.2, 0) is 10.2 Å². The predicted octanol–water partition coefficient (Wildman–Crippen LogP) is 2.31. The van der Waals surface area contributed by atoms with E-state index in [1.807, 2.05) is 0 Å². The van der Waals surface area contributed by atoms with Crippen molar-refractivity contribution in [2.45, 2.75) is 94.3 Å². The van der Waals surface area contributed by atoms with E-state index in [4.69, 9.17) is 4.52 Å². The first-order chi connectivity index (χ1) is 14.9. The number of nitrogens with one attached hydrogen (secondary N) is 1. The van der Waals surface area contributed by atoms with Gasteiger partial charge in [0.25, 0.3) is 0 Å². The maximum Gasteiger partial charge on any atom is 0.240 e. The number of carbonyl (C=O) groups excluding carboxylic acids is 2. The van der Waals surface area contributed by atoms with Gasteiger partial charge in [-0.25, -0.2) is 4.39 Å². The van der Waals surface area contributed by atoms with Gasteiger partial charge in [0.05, 0.1) is 19.7 Å². The Balaban J connectivity index is 1.44. The van der Waals surface area contributed by atoms with Crippen LogP contribution < -0.4 is 5.32 Å². The smallest absolute Gasteiger partial charge is 0.240 e. The molecule has 8 nitrogen and oxygen atoms in total. The van der Waals surface area contributed by atoms with Gasteiger partial charge in [-0.3, -0.25) is 9.59 Å². The number of hydrogen-bond acceptors (Lipinski definition) is 7. The fourth-order valence-corrected chi connectivity index (χ4v) is 5.38. The molecule has 0 bridgehead atoms. The largest absolute Gasteiger partial charge is 0.394 e. The molecule has 2 N–H and O–H groups in total. The van der Waals surface area contributed by atoms with Crippen molar-refractivity contribution in [3.8, 4) is 0 Å². The van der Waals surface area contributed by atoms with Gasteiger partial charge in [-0.05, 0) is 25.7 Å². The highest BCUT2D eigenvalue weighted by Gasteiger charge is 2.43. The number of hydrogen-bond donors (Lipinski definition) is 2. The minimum atomic E-state index is -1.27. The van der Waals surface area contributed by atoms with E-state index in [2.05, 4.69) is 22.4 Å². The average Bonchev–Trinajstić information content (AvgIpc) is 3.52. The van der Waals surface area contributed by atoms with Crippen LogP contribution in [0.3, 0.4) is 0 Å². The summed E-state index contributed by atoms with van der Waals surface area (Å²) in [6.07, 6.45) is 7.48. The second-order valence-corrected chi connectivity index (χ2v) is 9.80. The van der Waals surface area contributed by atoms with Crippen LogP contribution in [0.1, 0.15) is 87.6 Å². The van der Waals surface area contributed by atoms with E-state index in [1.165, 1.54) is 11.3 Å². The van der Waals surface area contributed by atoms with Crippen molar-refractivity contribution < 1.29 is 23.6 Å². The van der Waals surface area contributed by atoms with Gasteiger partial charge in [0.15, 0.2) is 0 Å². The Morgan fingerprint density at radius 2 is 1.87 bits per heavy atom. The van der Waals surface area contributed by atoms with Gasteiger partial charge in [0.2, 0.25) is 23.4 Å². The van der Waals surface area contributed by atoms with Gasteiger partial charge in [0.1, 0.15) is 12.2 Å². The van der Waals surface area contributed by atoms with E-state index in [1.54, 1.807) is 0 Å². The molecule has 0 aromatic carbocycles. The van der Waals surface area contributed by atoms with Crippen molar-refractivity contribution in [1.82, 2.24) is 20.4 Å². The molecule has 31 heavy (non-hydrogen) atoms. The number of ketones is 1. The summed E-state index contributed by atoms with van der Waals surface area (Å²) in [7, 11) is 0. The molecule has 0 spiro atoms. The monoisotopic (exact) mass is 436 g/mol. The number of carbonyl (C=O) groups is 2. The highest BCUT2D eigenvalue weighted by molar-refractivity contribution is 5.99. The first-order valence-corrected chi connectivity index (χ1v) is 11.5. The van der Waals surface area contributed by atoms with Gasteiger partial charge >= 0.3 is 0 Å². The Kier molecular flexibility index (Phi) is 6.44. The van der Waals surface area contributed by atoms with Gasteiger partial charge in [0, 0.05) is 17.4 Å². The molecule has 1 unspecified atom stereocenters. The van der Waals surface area contributed by atoms with Gasteiger partial charge < -0.3 is 19.8 Å². The lowest BCUT2D eigenvalue weighted by Gasteiger charge is -2.30. The predicted molar refractivity (Wildman–Crippen MR) is 110 cm³/mol. The Hall–Kier alpha value is -1.87. The van der Waals surface area contributed by atoms with Crippen LogP contribution in [0.2, 0.25) is 0 Å². The van der Waals surface area contributed by atoms with Crippen LogP contribution in [0.5, 0.6) is 0 Å². The molecule has 1 aromatic heterocycles. The molecule has 2 atom stereocenters. The lowest BCUT2D eigenvalue weighted by Crippen LogP contribution is -2.52. The number of amides is 1. The van der Waals surface area contributed by atoms with Crippen molar-refractivity contribution in [3.63, 3.8) is 0 Å². The van der Waals surface area contributed by atoms with E-state index in [0.717, 1.165) is 51.4 Å². The SMILES string of the molecule is CC1(c2nc(C(=O)C3C[C@H](F)CN3C(=O)CNC3(CO)CCCC3)no2)CCCCC1. The molecule has 172 valence electrons. The molecule has 3 fully saturated rings. The summed E-state index contributed by atoms with van der Waals surface area (Å²) in [6.45, 7) is 1.87. The fraction of sp³-hybridized carbons (Fsp3) is 0.818. The molecule has 1 aromatic rings. The number of Topliss-reactive ketones (excluding diaryl/α,β-unsaturated/α-hetero) is 1. The van der Waals surface area contributed by atoms with E-state index in [0.29, 0.717) is 5.89 Å². The maximum absolute atomic E-state index is 14.2. The van der Waals surface area contributed by atoms with Crippen LogP contribution in [0.4, 0.5) is 4.39 Å². The number of likely N-dealkylation sites (tertiary alicyclic amines) is 1. The summed E-state index contributed by atoms with van der Waals surface area (Å²) in [4.78, 5) is 31.6. The number of halogens is 1. The third-order valence-corrected chi connectivity index (χ3v) is 7.47. The topological polar surface area (TPSA) is 109 Å². The highest BCUT2D eigenvalue weighted by atomic mass is 19.1. The minimum absolute atomic E-state index is 0.0351. The molecule has 0 radical (unpaired) electrons. The normalized spacial score (nSPS) is 27.5. The summed E-state index contributed by atoms with van der Waals surface area (Å²) in [5, 5.41) is 16.8. The summed E-state index contributed by atoms with van der Waals surface area (Å²) in [6, 6.07) is -0.928. The van der Waals surface area contributed by atoms with Crippen molar-refractivity contribution in [2.75, 3.05) is 19.7 Å². The van der Waals surface area contributed by atoms with E-state index in [9.17, 15) is 19.1 Å². The molecule has 3 aliphatic rings. The van der Waals surface area contributed by atoms with Crippen LogP contribution in [0.25, 0.3) is 0 Å². The van der Waals surface area contributed by atoms with Gasteiger partial charge in [-0.2, -0.15) is 4.98 Å². The van der Waals surface area contributed by atoms with E-state index < -0.39 is 23.5 Å². The number of aromatic nitrogens is 2. The minimum Gasteiger partial charge on any atom is -0.394 e. The van der Waals surface area contributed by atoms with Crippen LogP contribution in [-0.4, -0.2) is 69.3 Å². The zero-order chi connectivity index (χ0) is 22.1. The van der Waals surface area contributed by atoms with Crippen LogP contribution >= 0.6 is 0 Å². The number of nitrogens with zero attached hydrogens (tertiary/aromatic N) is 3. The quantitative estimate of drug-likeness (QED) is 0.632. The van der Waals surface area contributed by atoms with E-state index >= 15 is 0 Å². The molecule has 2 heterocycles. The molecule has 9 heteroatoms. The van der Waals surface area contributed by atoms with Gasteiger partial charge in [-0.1, -0.05) is 44.2 Å². The van der Waals surface area contributed by atoms with Crippen molar-refractivity contribution >= 4 is 11.7 Å². The molecule has 1 saturated heterocycles. The number of rotatable bonds is 7. The lowest BCUT2D eigenvalue weighted by molar-refractivity contribution is -0.131. The van der Waals surface area contributed by atoms with Crippen LogP contribution in [0, 0.1) is 0 Å². The highest BCUT2D eigenvalue weighted by Crippen LogP contribution is 2.38. The Morgan fingerprint density at radius 3 is 2.55 bits per heavy atom. The third-order valence-electron chi connectivity index (χ3n) is 7.47. The lowest BCUT2D eigenvalue weighted by atomic mass is 9.75. The summed E-state index contributed by atoms with van der Waals surface area (Å²) in [5.41, 5.74) is -0.691. The second kappa shape index (κ2) is 8.94. The summed E-state index contributed by atoms with van der Waals surface area (Å²) >= 11 is 0. The maximum atomic E-state index is 14.2. The Morgan fingerprint density at radius 1 is 1.19 bits per heavy atom. The molecule has 2 aliphatic carbocycles. The number of aliphatic hydroxyl groups is 1. The molecular weight excluding hydrogens is 403 g/mol. The van der Waals surface area contributed by atoms with Crippen molar-refractivity contribution in [2.24, 2.45) is 0 Å². The second-order valence-electron chi connectivity index (χ2n) is 9.80. The third kappa shape index (κ3) is 4.53. The van der Waals surface area contributed by atoms with Crippen molar-refractivity contribution in [3.05, 3.63) is 11.7 Å². The van der Waals surface area contributed by atoms with Gasteiger partial charge in [-0.15, -0.1) is 0 Å². The summed E-state index contributed by atoms with van der Waals surface area (Å²) < 4.78 is 19.7. The molecule has 4 rings (SSSR count). The van der Waals surface area contributed by atoms with Crippen molar-refractivity contribution in [1.29, 1.82) is 0 Å².